The van der Waals surface area contributed by atoms with Crippen LogP contribution >= 0.6 is 0 Å². The quantitative estimate of drug-likeness (QED) is 0.878. The van der Waals surface area contributed by atoms with Gasteiger partial charge in [0.25, 0.3) is 0 Å². The fraction of sp³-hybridized carbons (Fsp3) is 0.700. The van der Waals surface area contributed by atoms with Crippen LogP contribution in [0.25, 0.3) is 0 Å². The van der Waals surface area contributed by atoms with Crippen LogP contribution in [0.4, 0.5) is 13.2 Å². The van der Waals surface area contributed by atoms with Gasteiger partial charge < -0.3 is 14.4 Å². The maximum absolute atomic E-state index is 13.2. The molecule has 2 aliphatic rings. The third-order valence-corrected chi connectivity index (χ3v) is 5.80. The molecule has 0 saturated carbocycles. The summed E-state index contributed by atoms with van der Waals surface area (Å²) in [5, 5.41) is 0. The van der Waals surface area contributed by atoms with E-state index in [1.807, 2.05) is 19.9 Å². The molecular weight excluding hydrogens is 343 g/mol. The van der Waals surface area contributed by atoms with Crippen LogP contribution in [0.5, 0.6) is 0 Å². The number of morpholine rings is 1. The monoisotopic (exact) mass is 372 g/mol. The number of quaternary nitrogens is 1. The molecule has 0 radical (unpaired) electrons. The van der Waals surface area contributed by atoms with Crippen molar-refractivity contribution in [2.75, 3.05) is 39.5 Å². The number of rotatable bonds is 4. The molecule has 6 heteroatoms. The van der Waals surface area contributed by atoms with Crippen molar-refractivity contribution in [3.8, 4) is 0 Å². The Morgan fingerprint density at radius 1 is 1.12 bits per heavy atom. The van der Waals surface area contributed by atoms with Crippen LogP contribution in [0.3, 0.4) is 0 Å². The first kappa shape index (κ1) is 19.6. The molecule has 2 saturated heterocycles. The Labute approximate surface area is 153 Å². The molecule has 3 nitrogen and oxygen atoms in total. The highest BCUT2D eigenvalue weighted by Crippen LogP contribution is 2.45. The molecular formula is C20H29F3NO2+. The zero-order chi connectivity index (χ0) is 18.8. The number of nitrogens with one attached hydrogen (secondary N) is 1. The first-order valence-electron chi connectivity index (χ1n) is 9.43. The van der Waals surface area contributed by atoms with E-state index >= 15 is 0 Å². The fourth-order valence-electron chi connectivity index (χ4n) is 4.43. The predicted octanol–water partition coefficient (Wildman–Crippen LogP) is 2.84. The average molecular weight is 372 g/mol. The lowest BCUT2D eigenvalue weighted by Crippen LogP contribution is -3.14. The largest absolute Gasteiger partial charge is 0.416 e. The lowest BCUT2D eigenvalue weighted by atomic mass is 9.67. The third kappa shape index (κ3) is 4.59. The molecule has 0 unspecified atom stereocenters. The van der Waals surface area contributed by atoms with Crippen LogP contribution in [0.1, 0.15) is 44.2 Å². The van der Waals surface area contributed by atoms with Gasteiger partial charge >= 0.3 is 6.18 Å². The molecule has 0 spiro atoms. The Morgan fingerprint density at radius 3 is 2.50 bits per heavy atom. The molecule has 1 atom stereocenters. The summed E-state index contributed by atoms with van der Waals surface area (Å²) in [7, 11) is 0. The second-order valence-corrected chi connectivity index (χ2v) is 8.26. The molecule has 2 fully saturated rings. The van der Waals surface area contributed by atoms with Gasteiger partial charge in [-0.1, -0.05) is 18.2 Å². The summed E-state index contributed by atoms with van der Waals surface area (Å²) >= 11 is 0. The van der Waals surface area contributed by atoms with Gasteiger partial charge in [-0.05, 0) is 38.3 Å². The molecule has 0 amide bonds. The van der Waals surface area contributed by atoms with E-state index in [2.05, 4.69) is 0 Å². The van der Waals surface area contributed by atoms with E-state index in [4.69, 9.17) is 9.47 Å². The molecule has 2 aliphatic heterocycles. The molecule has 1 N–H and O–H groups in total. The molecule has 3 rings (SSSR count). The van der Waals surface area contributed by atoms with Crippen molar-refractivity contribution < 1.29 is 27.5 Å². The molecule has 0 aliphatic carbocycles. The zero-order valence-electron chi connectivity index (χ0n) is 15.6. The molecule has 1 aromatic rings. The van der Waals surface area contributed by atoms with Crippen LogP contribution in [0, 0.1) is 0 Å². The topological polar surface area (TPSA) is 22.9 Å². The molecule has 146 valence electrons. The Kier molecular flexibility index (Phi) is 5.66. The Hall–Kier alpha value is -1.11. The maximum Gasteiger partial charge on any atom is 0.416 e. The van der Waals surface area contributed by atoms with Gasteiger partial charge in [-0.3, -0.25) is 0 Å². The summed E-state index contributed by atoms with van der Waals surface area (Å²) in [6.07, 6.45) is -1.93. The summed E-state index contributed by atoms with van der Waals surface area (Å²) < 4.78 is 51.0. The minimum absolute atomic E-state index is 0.270. The van der Waals surface area contributed by atoms with Crippen molar-refractivity contribution in [3.05, 3.63) is 35.4 Å². The van der Waals surface area contributed by atoms with Crippen LogP contribution in [0.2, 0.25) is 0 Å². The average Bonchev–Trinajstić information content (AvgIpc) is 2.59. The second kappa shape index (κ2) is 7.49. The molecule has 0 bridgehead atoms. The summed E-state index contributed by atoms with van der Waals surface area (Å²) in [4.78, 5) is 1.48. The standard InChI is InChI=1S/C20H28F3NO2/c1-18(2)15-19(7-11-26-18,6-8-24-9-12-25-13-10-24)16-4-3-5-17(14-16)20(21,22)23/h3-5,14H,6-13,15H2,1-2H3/p+1/t19-/m1/s1. The van der Waals surface area contributed by atoms with Crippen LogP contribution in [0.15, 0.2) is 24.3 Å². The number of benzene rings is 1. The first-order valence-corrected chi connectivity index (χ1v) is 9.43. The van der Waals surface area contributed by atoms with E-state index < -0.39 is 11.7 Å². The molecule has 26 heavy (non-hydrogen) atoms. The van der Waals surface area contributed by atoms with E-state index in [-0.39, 0.29) is 11.0 Å². The second-order valence-electron chi connectivity index (χ2n) is 8.26. The van der Waals surface area contributed by atoms with Gasteiger partial charge in [0.05, 0.1) is 30.9 Å². The van der Waals surface area contributed by atoms with Crippen molar-refractivity contribution in [2.45, 2.75) is 50.3 Å². The van der Waals surface area contributed by atoms with E-state index in [1.165, 1.54) is 11.0 Å². The number of ether oxygens (including phenoxy) is 2. The van der Waals surface area contributed by atoms with Crippen LogP contribution in [-0.4, -0.2) is 45.1 Å². The minimum atomic E-state index is -4.31. The van der Waals surface area contributed by atoms with Crippen molar-refractivity contribution in [1.29, 1.82) is 0 Å². The van der Waals surface area contributed by atoms with Crippen molar-refractivity contribution in [1.82, 2.24) is 0 Å². The molecule has 1 aromatic carbocycles. The zero-order valence-corrected chi connectivity index (χ0v) is 15.6. The molecule has 0 aromatic heterocycles. The maximum atomic E-state index is 13.2. The van der Waals surface area contributed by atoms with Crippen LogP contribution < -0.4 is 4.90 Å². The lowest BCUT2D eigenvalue weighted by Gasteiger charge is -2.46. The number of halogens is 3. The fourth-order valence-corrected chi connectivity index (χ4v) is 4.43. The van der Waals surface area contributed by atoms with Gasteiger partial charge in [-0.2, -0.15) is 13.2 Å². The van der Waals surface area contributed by atoms with Crippen LogP contribution in [-0.2, 0) is 21.1 Å². The first-order chi connectivity index (χ1) is 12.2. The summed E-state index contributed by atoms with van der Waals surface area (Å²) in [5.74, 6) is 0. The van der Waals surface area contributed by atoms with Gasteiger partial charge in [0, 0.05) is 18.4 Å². The minimum Gasteiger partial charge on any atom is -0.376 e. The van der Waals surface area contributed by atoms with E-state index in [9.17, 15) is 13.2 Å². The predicted molar refractivity (Wildman–Crippen MR) is 93.4 cm³/mol. The van der Waals surface area contributed by atoms with E-state index in [0.29, 0.717) is 6.61 Å². The highest BCUT2D eigenvalue weighted by molar-refractivity contribution is 5.33. The van der Waals surface area contributed by atoms with Gasteiger partial charge in [-0.25, -0.2) is 0 Å². The third-order valence-electron chi connectivity index (χ3n) is 5.80. The Morgan fingerprint density at radius 2 is 1.85 bits per heavy atom. The Balaban J connectivity index is 1.87. The van der Waals surface area contributed by atoms with E-state index in [1.54, 1.807) is 6.07 Å². The number of alkyl halides is 3. The van der Waals surface area contributed by atoms with Gasteiger partial charge in [0.1, 0.15) is 13.1 Å². The normalized spacial score (nSPS) is 27.4. The van der Waals surface area contributed by atoms with E-state index in [0.717, 1.165) is 63.7 Å². The lowest BCUT2D eigenvalue weighted by molar-refractivity contribution is -0.908. The number of hydrogen-bond donors (Lipinski definition) is 1. The number of hydrogen-bond acceptors (Lipinski definition) is 2. The van der Waals surface area contributed by atoms with Gasteiger partial charge in [-0.15, -0.1) is 0 Å². The SMILES string of the molecule is CC1(C)C[C@](CC[NH+]2CCOCC2)(c2cccc(C(F)(F)F)c2)CCO1. The summed E-state index contributed by atoms with van der Waals surface area (Å²) in [6, 6.07) is 5.93. The van der Waals surface area contributed by atoms with Crippen molar-refractivity contribution in [2.24, 2.45) is 0 Å². The highest BCUT2D eigenvalue weighted by atomic mass is 19.4. The summed E-state index contributed by atoms with van der Waals surface area (Å²) in [5.41, 5.74) is -0.352. The molecule has 2 heterocycles. The summed E-state index contributed by atoms with van der Waals surface area (Å²) in [6.45, 7) is 9.09. The highest BCUT2D eigenvalue weighted by Gasteiger charge is 2.43. The van der Waals surface area contributed by atoms with Gasteiger partial charge in [0.15, 0.2) is 0 Å². The van der Waals surface area contributed by atoms with Crippen molar-refractivity contribution >= 4 is 0 Å². The van der Waals surface area contributed by atoms with Crippen molar-refractivity contribution in [3.63, 3.8) is 0 Å². The smallest absolute Gasteiger partial charge is 0.376 e. The van der Waals surface area contributed by atoms with Gasteiger partial charge in [0.2, 0.25) is 0 Å². The Bertz CT molecular complexity index is 611.